The summed E-state index contributed by atoms with van der Waals surface area (Å²) in [5, 5.41) is 8.58. The maximum Gasteiger partial charge on any atom is 0.261 e. The number of benzene rings is 1. The van der Waals surface area contributed by atoms with Crippen LogP contribution in [0.1, 0.15) is 36.9 Å². The molecular formula is C24H25ClN4O2. The van der Waals surface area contributed by atoms with Gasteiger partial charge in [-0.1, -0.05) is 17.7 Å². The summed E-state index contributed by atoms with van der Waals surface area (Å²) in [5.74, 6) is 0.703. The molecule has 31 heavy (non-hydrogen) atoms. The SMILES string of the molecule is O=C(NC1CCC(NCc2ccc3cc(Cl)ccc3n2)CC1)C1Cc2ccncc2O1. The van der Waals surface area contributed by atoms with E-state index in [1.165, 1.54) is 0 Å². The zero-order valence-electron chi connectivity index (χ0n) is 17.2. The number of halogens is 1. The smallest absolute Gasteiger partial charge is 0.261 e. The number of hydrogen-bond acceptors (Lipinski definition) is 5. The van der Waals surface area contributed by atoms with Gasteiger partial charge in [0.2, 0.25) is 0 Å². The van der Waals surface area contributed by atoms with Crippen LogP contribution in [0.3, 0.4) is 0 Å². The third kappa shape index (κ3) is 4.65. The highest BCUT2D eigenvalue weighted by molar-refractivity contribution is 6.31. The molecule has 6 nitrogen and oxygen atoms in total. The lowest BCUT2D eigenvalue weighted by Gasteiger charge is -2.30. The number of nitrogens with one attached hydrogen (secondary N) is 2. The molecule has 2 N–H and O–H groups in total. The van der Waals surface area contributed by atoms with Crippen molar-refractivity contribution in [1.29, 1.82) is 0 Å². The Labute approximate surface area is 186 Å². The van der Waals surface area contributed by atoms with E-state index in [4.69, 9.17) is 21.3 Å². The Morgan fingerprint density at radius 2 is 1.94 bits per heavy atom. The van der Waals surface area contributed by atoms with E-state index >= 15 is 0 Å². The van der Waals surface area contributed by atoms with Crippen molar-refractivity contribution in [2.75, 3.05) is 0 Å². The van der Waals surface area contributed by atoms with Crippen molar-refractivity contribution < 1.29 is 9.53 Å². The van der Waals surface area contributed by atoms with E-state index in [2.05, 4.69) is 21.7 Å². The second-order valence-electron chi connectivity index (χ2n) is 8.37. The van der Waals surface area contributed by atoms with Gasteiger partial charge in [-0.15, -0.1) is 0 Å². The molecule has 1 aromatic carbocycles. The van der Waals surface area contributed by atoms with Crippen LogP contribution in [0.25, 0.3) is 10.9 Å². The molecule has 5 rings (SSSR count). The number of carbonyl (C=O) groups is 1. The molecule has 160 valence electrons. The normalized spacial score (nSPS) is 22.7. The first-order chi connectivity index (χ1) is 15.1. The fraction of sp³-hybridized carbons (Fsp3) is 0.375. The maximum atomic E-state index is 12.6. The van der Waals surface area contributed by atoms with Crippen molar-refractivity contribution in [3.63, 3.8) is 0 Å². The monoisotopic (exact) mass is 436 g/mol. The Kier molecular flexibility index (Phi) is 5.74. The molecule has 0 spiro atoms. The molecule has 1 unspecified atom stereocenters. The lowest BCUT2D eigenvalue weighted by atomic mass is 9.91. The number of amides is 1. The first-order valence-electron chi connectivity index (χ1n) is 10.8. The number of carbonyl (C=O) groups excluding carboxylic acids is 1. The molecule has 1 amide bonds. The van der Waals surface area contributed by atoms with Crippen LogP contribution in [-0.2, 0) is 17.8 Å². The number of hydrogen-bond donors (Lipinski definition) is 2. The average Bonchev–Trinajstić information content (AvgIpc) is 3.23. The molecule has 1 aliphatic heterocycles. The van der Waals surface area contributed by atoms with Crippen molar-refractivity contribution in [3.8, 4) is 5.75 Å². The molecule has 1 aliphatic carbocycles. The van der Waals surface area contributed by atoms with Gasteiger partial charge in [0.1, 0.15) is 5.75 Å². The van der Waals surface area contributed by atoms with Crippen LogP contribution in [0.4, 0.5) is 0 Å². The molecule has 1 fully saturated rings. The Morgan fingerprint density at radius 3 is 2.77 bits per heavy atom. The van der Waals surface area contributed by atoms with E-state index in [1.807, 2.05) is 30.3 Å². The summed E-state index contributed by atoms with van der Waals surface area (Å²) in [5.41, 5.74) is 3.04. The standard InChI is InChI=1S/C24H25ClN4O2/c25-17-2-8-21-15(11-17)1-3-20(28-21)13-27-18-4-6-19(7-5-18)29-24(30)22-12-16-9-10-26-14-23(16)31-22/h1-3,8-11,14,18-19,22,27H,4-7,12-13H2,(H,29,30). The van der Waals surface area contributed by atoms with Gasteiger partial charge in [0.25, 0.3) is 5.91 Å². The Balaban J connectivity index is 1.08. The average molecular weight is 437 g/mol. The third-order valence-corrected chi connectivity index (χ3v) is 6.43. The van der Waals surface area contributed by atoms with Crippen molar-refractivity contribution >= 4 is 28.4 Å². The first kappa shape index (κ1) is 20.2. The molecule has 3 heterocycles. The van der Waals surface area contributed by atoms with Gasteiger partial charge in [-0.25, -0.2) is 0 Å². The molecule has 3 aromatic rings. The summed E-state index contributed by atoms with van der Waals surface area (Å²) in [4.78, 5) is 21.4. The van der Waals surface area contributed by atoms with Crippen LogP contribution in [0.2, 0.25) is 5.02 Å². The Bertz CT molecular complexity index is 1070. The predicted molar refractivity (Wildman–Crippen MR) is 120 cm³/mol. The van der Waals surface area contributed by atoms with Gasteiger partial charge < -0.3 is 15.4 Å². The van der Waals surface area contributed by atoms with Crippen LogP contribution < -0.4 is 15.4 Å². The molecule has 0 radical (unpaired) electrons. The van der Waals surface area contributed by atoms with Crippen LogP contribution in [0, 0.1) is 0 Å². The van der Waals surface area contributed by atoms with Gasteiger partial charge >= 0.3 is 0 Å². The van der Waals surface area contributed by atoms with Crippen molar-refractivity contribution in [1.82, 2.24) is 20.6 Å². The van der Waals surface area contributed by atoms with Gasteiger partial charge in [0.15, 0.2) is 6.10 Å². The Hall–Kier alpha value is -2.70. The van der Waals surface area contributed by atoms with E-state index in [0.717, 1.165) is 65.2 Å². The topological polar surface area (TPSA) is 76.1 Å². The van der Waals surface area contributed by atoms with Gasteiger partial charge in [-0.05, 0) is 56.0 Å². The van der Waals surface area contributed by atoms with E-state index in [9.17, 15) is 4.79 Å². The van der Waals surface area contributed by atoms with Crippen LogP contribution in [0.15, 0.2) is 48.8 Å². The zero-order valence-corrected chi connectivity index (χ0v) is 17.9. The molecule has 7 heteroatoms. The summed E-state index contributed by atoms with van der Waals surface area (Å²) in [6.07, 6.45) is 7.59. The van der Waals surface area contributed by atoms with Gasteiger partial charge in [-0.2, -0.15) is 0 Å². The zero-order chi connectivity index (χ0) is 21.2. The molecule has 2 aliphatic rings. The fourth-order valence-electron chi connectivity index (χ4n) is 4.45. The highest BCUT2D eigenvalue weighted by Crippen LogP contribution is 2.28. The van der Waals surface area contributed by atoms with Crippen LogP contribution in [-0.4, -0.2) is 34.1 Å². The predicted octanol–water partition coefficient (Wildman–Crippen LogP) is 3.80. The van der Waals surface area contributed by atoms with Crippen molar-refractivity contribution in [2.45, 2.75) is 56.8 Å². The molecule has 2 aromatic heterocycles. The highest BCUT2D eigenvalue weighted by Gasteiger charge is 2.31. The van der Waals surface area contributed by atoms with E-state index in [0.29, 0.717) is 12.5 Å². The minimum absolute atomic E-state index is 0.0203. The van der Waals surface area contributed by atoms with E-state index < -0.39 is 6.10 Å². The summed E-state index contributed by atoms with van der Waals surface area (Å²) >= 11 is 6.05. The van der Waals surface area contributed by atoms with Crippen molar-refractivity contribution in [3.05, 3.63) is 65.1 Å². The number of fused-ring (bicyclic) bond motifs is 2. The molecule has 0 saturated heterocycles. The minimum Gasteiger partial charge on any atom is -0.478 e. The number of nitrogens with zero attached hydrogens (tertiary/aromatic N) is 2. The first-order valence-corrected chi connectivity index (χ1v) is 11.2. The summed E-state index contributed by atoms with van der Waals surface area (Å²) in [6, 6.07) is 12.4. The number of aromatic nitrogens is 2. The lowest BCUT2D eigenvalue weighted by molar-refractivity contribution is -0.128. The van der Waals surface area contributed by atoms with Crippen LogP contribution >= 0.6 is 11.6 Å². The van der Waals surface area contributed by atoms with Crippen LogP contribution in [0.5, 0.6) is 5.75 Å². The molecule has 1 atom stereocenters. The summed E-state index contributed by atoms with van der Waals surface area (Å²) in [6.45, 7) is 0.739. The summed E-state index contributed by atoms with van der Waals surface area (Å²) < 4.78 is 5.75. The van der Waals surface area contributed by atoms with Gasteiger partial charge in [-0.3, -0.25) is 14.8 Å². The van der Waals surface area contributed by atoms with E-state index in [1.54, 1.807) is 12.4 Å². The molecule has 0 bridgehead atoms. The number of pyridine rings is 2. The highest BCUT2D eigenvalue weighted by atomic mass is 35.5. The second-order valence-corrected chi connectivity index (χ2v) is 8.81. The van der Waals surface area contributed by atoms with E-state index in [-0.39, 0.29) is 11.9 Å². The number of rotatable bonds is 5. The molecular weight excluding hydrogens is 412 g/mol. The minimum atomic E-state index is -0.441. The Morgan fingerprint density at radius 1 is 1.10 bits per heavy atom. The van der Waals surface area contributed by atoms with Gasteiger partial charge in [0.05, 0.1) is 17.4 Å². The number of ether oxygens (including phenoxy) is 1. The quantitative estimate of drug-likeness (QED) is 0.636. The fourth-order valence-corrected chi connectivity index (χ4v) is 4.63. The van der Waals surface area contributed by atoms with Crippen molar-refractivity contribution in [2.24, 2.45) is 0 Å². The maximum absolute atomic E-state index is 12.6. The molecule has 1 saturated carbocycles. The third-order valence-electron chi connectivity index (χ3n) is 6.19. The second kappa shape index (κ2) is 8.81. The lowest BCUT2D eigenvalue weighted by Crippen LogP contribution is -2.46. The largest absolute Gasteiger partial charge is 0.478 e. The summed E-state index contributed by atoms with van der Waals surface area (Å²) in [7, 11) is 0. The van der Waals surface area contributed by atoms with Gasteiger partial charge in [0, 0.05) is 47.2 Å².